The first kappa shape index (κ1) is 21.6. The lowest BCUT2D eigenvalue weighted by molar-refractivity contribution is -0.139. The number of imide groups is 1. The molecule has 7 heteroatoms. The second-order valence-corrected chi connectivity index (χ2v) is 9.50. The van der Waals surface area contributed by atoms with Crippen molar-refractivity contribution in [1.29, 1.82) is 0 Å². The number of urea groups is 1. The number of hydrogen-bond acceptors (Lipinski definition) is 3. The van der Waals surface area contributed by atoms with Crippen LogP contribution in [0.25, 0.3) is 0 Å². The van der Waals surface area contributed by atoms with E-state index >= 15 is 0 Å². The van der Waals surface area contributed by atoms with E-state index in [0.717, 1.165) is 35.3 Å². The van der Waals surface area contributed by atoms with E-state index in [0.29, 0.717) is 24.3 Å². The summed E-state index contributed by atoms with van der Waals surface area (Å²) in [6, 6.07) is 11.8. The van der Waals surface area contributed by atoms with Gasteiger partial charge in [-0.05, 0) is 67.3 Å². The quantitative estimate of drug-likeness (QED) is 0.664. The molecular formula is C26H28FN3O3. The third-order valence-corrected chi connectivity index (χ3v) is 7.55. The van der Waals surface area contributed by atoms with Crippen molar-refractivity contribution in [1.82, 2.24) is 15.5 Å². The van der Waals surface area contributed by atoms with Crippen molar-refractivity contribution in [2.45, 2.75) is 63.1 Å². The van der Waals surface area contributed by atoms with Gasteiger partial charge in [-0.3, -0.25) is 9.59 Å². The van der Waals surface area contributed by atoms with Crippen LogP contribution < -0.4 is 10.6 Å². The molecule has 6 nitrogen and oxygen atoms in total. The maximum atomic E-state index is 13.8. The van der Waals surface area contributed by atoms with E-state index in [2.05, 4.69) is 10.6 Å². The number of benzene rings is 2. The Balaban J connectivity index is 1.46. The zero-order valence-corrected chi connectivity index (χ0v) is 18.6. The molecule has 4 amide bonds. The Bertz CT molecular complexity index is 1100. The number of fused-ring (bicyclic) bond motifs is 2. The topological polar surface area (TPSA) is 78.5 Å². The van der Waals surface area contributed by atoms with Crippen molar-refractivity contribution in [3.8, 4) is 0 Å². The molecule has 2 N–H and O–H groups in total. The fourth-order valence-electron chi connectivity index (χ4n) is 5.36. The lowest BCUT2D eigenvalue weighted by atomic mass is 9.80. The predicted molar refractivity (Wildman–Crippen MR) is 121 cm³/mol. The number of nitrogens with zero attached hydrogens (tertiary/aromatic N) is 1. The van der Waals surface area contributed by atoms with Gasteiger partial charge in [-0.25, -0.2) is 14.1 Å². The summed E-state index contributed by atoms with van der Waals surface area (Å²) in [5, 5.41) is 5.95. The van der Waals surface area contributed by atoms with Crippen molar-refractivity contribution in [2.75, 3.05) is 0 Å². The standard InChI is InChI=1S/C26H28FN3O3/c1-16(18-6-4-7-18)28-23(31)22(15-17-9-11-20(27)12-10-17)30-24(32)26(29-25(30)33)14-13-19-5-2-3-8-21(19)26/h2-3,5,8-12,16,18,22H,4,6-7,13-15H2,1H3,(H,28,31)(H,29,33)/t16-,22?,26?/m0/s1. The Morgan fingerprint density at radius 1 is 1.18 bits per heavy atom. The van der Waals surface area contributed by atoms with Crippen LogP contribution in [0.1, 0.15) is 49.3 Å². The Morgan fingerprint density at radius 3 is 2.61 bits per heavy atom. The van der Waals surface area contributed by atoms with Gasteiger partial charge in [0.2, 0.25) is 5.91 Å². The highest BCUT2D eigenvalue weighted by molar-refractivity contribution is 6.10. The molecule has 1 saturated carbocycles. The molecule has 0 bridgehead atoms. The predicted octanol–water partition coefficient (Wildman–Crippen LogP) is 3.44. The molecule has 2 aliphatic carbocycles. The first-order valence-corrected chi connectivity index (χ1v) is 11.7. The molecular weight excluding hydrogens is 421 g/mol. The summed E-state index contributed by atoms with van der Waals surface area (Å²) in [6.45, 7) is 1.97. The van der Waals surface area contributed by atoms with E-state index < -0.39 is 23.5 Å². The van der Waals surface area contributed by atoms with Gasteiger partial charge < -0.3 is 10.6 Å². The monoisotopic (exact) mass is 449 g/mol. The van der Waals surface area contributed by atoms with Gasteiger partial charge in [0.05, 0.1) is 0 Å². The maximum Gasteiger partial charge on any atom is 0.326 e. The molecule has 0 aromatic heterocycles. The molecule has 2 unspecified atom stereocenters. The van der Waals surface area contributed by atoms with Crippen LogP contribution in [-0.4, -0.2) is 34.8 Å². The number of halogens is 1. The average Bonchev–Trinajstić information content (AvgIpc) is 3.24. The molecule has 3 aliphatic rings. The van der Waals surface area contributed by atoms with E-state index in [1.807, 2.05) is 31.2 Å². The average molecular weight is 450 g/mol. The molecule has 2 aromatic rings. The molecule has 1 aliphatic heterocycles. The van der Waals surface area contributed by atoms with Crippen LogP contribution in [0.4, 0.5) is 9.18 Å². The molecule has 2 fully saturated rings. The number of amides is 4. The zero-order chi connectivity index (χ0) is 23.2. The minimum atomic E-state index is -1.13. The Morgan fingerprint density at radius 2 is 1.91 bits per heavy atom. The van der Waals surface area contributed by atoms with E-state index in [-0.39, 0.29) is 24.2 Å². The number of aryl methyl sites for hydroxylation is 1. The molecule has 1 spiro atoms. The summed E-state index contributed by atoms with van der Waals surface area (Å²) >= 11 is 0. The molecule has 0 radical (unpaired) electrons. The van der Waals surface area contributed by atoms with Gasteiger partial charge in [0.15, 0.2) is 0 Å². The smallest absolute Gasteiger partial charge is 0.326 e. The Kier molecular flexibility index (Phi) is 5.43. The fourth-order valence-corrected chi connectivity index (χ4v) is 5.36. The van der Waals surface area contributed by atoms with Crippen molar-refractivity contribution >= 4 is 17.8 Å². The maximum absolute atomic E-state index is 13.8. The SMILES string of the molecule is C[C@H](NC(=O)C(Cc1ccc(F)cc1)N1C(=O)NC2(CCc3ccccc32)C1=O)C1CCC1. The second-order valence-electron chi connectivity index (χ2n) is 9.50. The summed E-state index contributed by atoms with van der Waals surface area (Å²) < 4.78 is 13.4. The van der Waals surface area contributed by atoms with Crippen LogP contribution in [-0.2, 0) is 28.0 Å². The fraction of sp³-hybridized carbons (Fsp3) is 0.423. The number of hydrogen-bond donors (Lipinski definition) is 2. The van der Waals surface area contributed by atoms with Crippen LogP contribution in [0.2, 0.25) is 0 Å². The van der Waals surface area contributed by atoms with Gasteiger partial charge in [0.1, 0.15) is 17.4 Å². The van der Waals surface area contributed by atoms with Gasteiger partial charge in [0, 0.05) is 12.5 Å². The summed E-state index contributed by atoms with van der Waals surface area (Å²) in [5.41, 5.74) is 1.39. The first-order chi connectivity index (χ1) is 15.9. The number of carbonyl (C=O) groups is 3. The van der Waals surface area contributed by atoms with Crippen molar-refractivity contribution in [3.63, 3.8) is 0 Å². The van der Waals surface area contributed by atoms with Crippen molar-refractivity contribution < 1.29 is 18.8 Å². The van der Waals surface area contributed by atoms with E-state index in [1.165, 1.54) is 12.1 Å². The summed E-state index contributed by atoms with van der Waals surface area (Å²) in [6.07, 6.45) is 4.56. The molecule has 5 rings (SSSR count). The third kappa shape index (κ3) is 3.69. The molecule has 1 saturated heterocycles. The largest absolute Gasteiger partial charge is 0.352 e. The Hall–Kier alpha value is -3.22. The van der Waals surface area contributed by atoms with Gasteiger partial charge in [-0.2, -0.15) is 0 Å². The van der Waals surface area contributed by atoms with E-state index in [1.54, 1.807) is 12.1 Å². The van der Waals surface area contributed by atoms with Gasteiger partial charge in [0.25, 0.3) is 5.91 Å². The summed E-state index contributed by atoms with van der Waals surface area (Å²) in [4.78, 5) is 41.5. The van der Waals surface area contributed by atoms with Crippen molar-refractivity contribution in [3.05, 3.63) is 71.0 Å². The molecule has 3 atom stereocenters. The van der Waals surface area contributed by atoms with Gasteiger partial charge >= 0.3 is 6.03 Å². The number of rotatable bonds is 6. The Labute approximate surface area is 192 Å². The first-order valence-electron chi connectivity index (χ1n) is 11.7. The molecule has 1 heterocycles. The van der Waals surface area contributed by atoms with E-state index in [4.69, 9.17) is 0 Å². The minimum Gasteiger partial charge on any atom is -0.352 e. The third-order valence-electron chi connectivity index (χ3n) is 7.55. The highest BCUT2D eigenvalue weighted by atomic mass is 19.1. The number of carbonyl (C=O) groups excluding carboxylic acids is 3. The second kappa shape index (κ2) is 8.28. The van der Waals surface area contributed by atoms with E-state index in [9.17, 15) is 18.8 Å². The highest BCUT2D eigenvalue weighted by Gasteiger charge is 2.57. The van der Waals surface area contributed by atoms with Crippen LogP contribution in [0.15, 0.2) is 48.5 Å². The molecule has 2 aromatic carbocycles. The van der Waals surface area contributed by atoms with Crippen LogP contribution in [0.3, 0.4) is 0 Å². The van der Waals surface area contributed by atoms with Crippen LogP contribution in [0, 0.1) is 11.7 Å². The van der Waals surface area contributed by atoms with Crippen LogP contribution in [0.5, 0.6) is 0 Å². The van der Waals surface area contributed by atoms with Gasteiger partial charge in [-0.15, -0.1) is 0 Å². The lowest BCUT2D eigenvalue weighted by Gasteiger charge is -2.34. The highest BCUT2D eigenvalue weighted by Crippen LogP contribution is 2.42. The number of nitrogens with one attached hydrogen (secondary N) is 2. The van der Waals surface area contributed by atoms with Gasteiger partial charge in [-0.1, -0.05) is 42.8 Å². The minimum absolute atomic E-state index is 0.0381. The molecule has 172 valence electrons. The van der Waals surface area contributed by atoms with Crippen LogP contribution >= 0.6 is 0 Å². The van der Waals surface area contributed by atoms with Crippen molar-refractivity contribution in [2.24, 2.45) is 5.92 Å². The summed E-state index contributed by atoms with van der Waals surface area (Å²) in [7, 11) is 0. The normalized spacial score (nSPS) is 23.8. The zero-order valence-electron chi connectivity index (χ0n) is 18.6. The summed E-state index contributed by atoms with van der Waals surface area (Å²) in [5.74, 6) is -0.715. The lowest BCUT2D eigenvalue weighted by Crippen LogP contribution is -2.54. The molecule has 33 heavy (non-hydrogen) atoms.